The minimum Gasteiger partial charge on any atom is -0.480 e. The first kappa shape index (κ1) is 14.3. The van der Waals surface area contributed by atoms with Crippen LogP contribution in [0.15, 0.2) is 12.2 Å². The molecule has 1 atom stereocenters. The molecule has 0 rings (SSSR count). The van der Waals surface area contributed by atoms with E-state index in [9.17, 15) is 14.4 Å². The monoisotopic (exact) mass is 226 g/mol. The average molecular weight is 226 g/mol. The molecule has 0 aliphatic carbocycles. The van der Waals surface area contributed by atoms with Crippen LogP contribution in [-0.2, 0) is 14.4 Å². The van der Waals surface area contributed by atoms with Crippen LogP contribution in [0.4, 0.5) is 0 Å². The van der Waals surface area contributed by atoms with E-state index in [0.29, 0.717) is 4.90 Å². The van der Waals surface area contributed by atoms with E-state index < -0.39 is 17.9 Å². The number of carboxylic acids is 1. The summed E-state index contributed by atoms with van der Waals surface area (Å²) in [6, 6.07) is -1.18. The van der Waals surface area contributed by atoms with Gasteiger partial charge in [-0.2, -0.15) is 0 Å². The minimum absolute atomic E-state index is 0.0508. The molecule has 1 N–H and O–H groups in total. The second kappa shape index (κ2) is 6.05. The van der Waals surface area contributed by atoms with Gasteiger partial charge in [0, 0.05) is 5.57 Å². The Balaban J connectivity index is 4.99. The molecule has 1 radical (unpaired) electrons. The van der Waals surface area contributed by atoms with E-state index in [-0.39, 0.29) is 17.9 Å². The lowest BCUT2D eigenvalue weighted by Gasteiger charge is -2.23. The second-order valence-electron chi connectivity index (χ2n) is 4.03. The highest BCUT2D eigenvalue weighted by atomic mass is 16.4. The highest BCUT2D eigenvalue weighted by molar-refractivity contribution is 6.01. The van der Waals surface area contributed by atoms with E-state index in [4.69, 9.17) is 5.11 Å². The fourth-order valence-corrected chi connectivity index (χ4v) is 1.22. The van der Waals surface area contributed by atoms with Crippen LogP contribution < -0.4 is 0 Å². The normalized spacial score (nSPS) is 12.0. The molecule has 0 spiro atoms. The van der Waals surface area contributed by atoms with Crippen LogP contribution in [0.3, 0.4) is 0 Å². The van der Waals surface area contributed by atoms with E-state index in [1.807, 2.05) is 13.8 Å². The van der Waals surface area contributed by atoms with E-state index in [1.165, 1.54) is 13.3 Å². The van der Waals surface area contributed by atoms with Crippen molar-refractivity contribution in [2.45, 2.75) is 33.2 Å². The van der Waals surface area contributed by atoms with Gasteiger partial charge in [0.15, 0.2) is 0 Å². The quantitative estimate of drug-likeness (QED) is 0.540. The third-order valence-corrected chi connectivity index (χ3v) is 1.97. The zero-order valence-electron chi connectivity index (χ0n) is 9.69. The van der Waals surface area contributed by atoms with Gasteiger partial charge in [0.25, 0.3) is 5.91 Å². The first-order chi connectivity index (χ1) is 7.31. The van der Waals surface area contributed by atoms with Crippen LogP contribution in [-0.4, -0.2) is 34.3 Å². The van der Waals surface area contributed by atoms with Crippen LogP contribution in [0.5, 0.6) is 0 Å². The van der Waals surface area contributed by atoms with Gasteiger partial charge in [0.1, 0.15) is 6.04 Å². The molecule has 0 aromatic rings. The van der Waals surface area contributed by atoms with E-state index in [2.05, 4.69) is 6.58 Å². The SMILES string of the molecule is C=C(C)C(=O)N([C]=O)[C@H](CC(C)C)C(=O)O. The lowest BCUT2D eigenvalue weighted by atomic mass is 10.0. The Hall–Kier alpha value is -1.65. The predicted molar refractivity (Wildman–Crippen MR) is 58.2 cm³/mol. The molecule has 0 saturated heterocycles. The molecule has 0 aliphatic rings. The summed E-state index contributed by atoms with van der Waals surface area (Å²) in [7, 11) is 0. The molecule has 16 heavy (non-hydrogen) atoms. The van der Waals surface area contributed by atoms with E-state index in [0.717, 1.165) is 0 Å². The third kappa shape index (κ3) is 3.84. The fraction of sp³-hybridized carbons (Fsp3) is 0.545. The Bertz CT molecular complexity index is 309. The Morgan fingerprint density at radius 3 is 2.19 bits per heavy atom. The molecule has 0 aromatic carbocycles. The van der Waals surface area contributed by atoms with Gasteiger partial charge in [-0.15, -0.1) is 0 Å². The van der Waals surface area contributed by atoms with Crippen molar-refractivity contribution in [2.75, 3.05) is 0 Å². The topological polar surface area (TPSA) is 74.7 Å². The molecule has 5 heteroatoms. The minimum atomic E-state index is -1.22. The highest BCUT2D eigenvalue weighted by Gasteiger charge is 2.30. The van der Waals surface area contributed by atoms with Crippen molar-refractivity contribution < 1.29 is 19.5 Å². The number of imide groups is 1. The van der Waals surface area contributed by atoms with Crippen LogP contribution in [0.1, 0.15) is 27.2 Å². The van der Waals surface area contributed by atoms with Crippen molar-refractivity contribution in [2.24, 2.45) is 5.92 Å². The molecule has 0 fully saturated rings. The van der Waals surface area contributed by atoms with Crippen LogP contribution in [0.25, 0.3) is 0 Å². The van der Waals surface area contributed by atoms with Gasteiger partial charge >= 0.3 is 12.4 Å². The smallest absolute Gasteiger partial charge is 0.326 e. The van der Waals surface area contributed by atoms with Crippen molar-refractivity contribution >= 4 is 18.3 Å². The maximum absolute atomic E-state index is 11.5. The number of aliphatic carboxylic acids is 1. The van der Waals surface area contributed by atoms with Crippen LogP contribution in [0, 0.1) is 5.92 Å². The van der Waals surface area contributed by atoms with Crippen LogP contribution >= 0.6 is 0 Å². The number of carbonyl (C=O) groups excluding carboxylic acids is 2. The van der Waals surface area contributed by atoms with Crippen molar-refractivity contribution in [1.29, 1.82) is 0 Å². The molecule has 0 aliphatic heterocycles. The van der Waals surface area contributed by atoms with Gasteiger partial charge in [-0.25, -0.2) is 4.79 Å². The van der Waals surface area contributed by atoms with Crippen molar-refractivity contribution in [3.8, 4) is 0 Å². The highest BCUT2D eigenvalue weighted by Crippen LogP contribution is 2.13. The number of hydrogen-bond donors (Lipinski definition) is 1. The molecule has 0 unspecified atom stereocenters. The Labute approximate surface area is 94.7 Å². The molecule has 5 nitrogen and oxygen atoms in total. The predicted octanol–water partition coefficient (Wildman–Crippen LogP) is 0.958. The molecular weight excluding hydrogens is 210 g/mol. The summed E-state index contributed by atoms with van der Waals surface area (Å²) in [4.78, 5) is 33.7. The fourth-order valence-electron chi connectivity index (χ4n) is 1.22. The standard InChI is InChI=1S/C11H16NO4/c1-7(2)5-9(11(15)16)12(6-13)10(14)8(3)4/h7,9H,3,5H2,1-2,4H3,(H,15,16)/t9-/m1/s1. The zero-order chi connectivity index (χ0) is 12.9. The summed E-state index contributed by atoms with van der Waals surface area (Å²) < 4.78 is 0. The number of hydrogen-bond acceptors (Lipinski definition) is 3. The van der Waals surface area contributed by atoms with Gasteiger partial charge < -0.3 is 5.11 Å². The summed E-state index contributed by atoms with van der Waals surface area (Å²) >= 11 is 0. The van der Waals surface area contributed by atoms with Gasteiger partial charge in [-0.05, 0) is 19.3 Å². The van der Waals surface area contributed by atoms with Gasteiger partial charge in [-0.1, -0.05) is 20.4 Å². The number of carbonyl (C=O) groups is 2. The molecular formula is C11H16NO4. The Morgan fingerprint density at radius 1 is 1.44 bits per heavy atom. The Morgan fingerprint density at radius 2 is 1.94 bits per heavy atom. The van der Waals surface area contributed by atoms with Gasteiger partial charge in [0.05, 0.1) is 0 Å². The molecule has 2 amide bonds. The summed E-state index contributed by atoms with van der Waals surface area (Å²) in [6.07, 6.45) is 1.56. The molecule has 0 bridgehead atoms. The molecule has 0 saturated carbocycles. The Kier molecular flexibility index (Phi) is 5.42. The van der Waals surface area contributed by atoms with Crippen molar-refractivity contribution in [3.05, 3.63) is 12.2 Å². The third-order valence-electron chi connectivity index (χ3n) is 1.97. The largest absolute Gasteiger partial charge is 0.480 e. The maximum Gasteiger partial charge on any atom is 0.326 e. The molecule has 0 aromatic heterocycles. The lowest BCUT2D eigenvalue weighted by Crippen LogP contribution is -2.45. The summed E-state index contributed by atoms with van der Waals surface area (Å²) in [6.45, 7) is 8.42. The van der Waals surface area contributed by atoms with Gasteiger partial charge in [-0.3, -0.25) is 14.5 Å². The summed E-state index contributed by atoms with van der Waals surface area (Å²) in [5.74, 6) is -1.87. The van der Waals surface area contributed by atoms with E-state index in [1.54, 1.807) is 0 Å². The van der Waals surface area contributed by atoms with Crippen molar-refractivity contribution in [1.82, 2.24) is 4.90 Å². The van der Waals surface area contributed by atoms with Gasteiger partial charge in [0.2, 0.25) is 0 Å². The average Bonchev–Trinajstić information content (AvgIpc) is 2.16. The maximum atomic E-state index is 11.5. The van der Waals surface area contributed by atoms with Crippen LogP contribution in [0.2, 0.25) is 0 Å². The van der Waals surface area contributed by atoms with Crippen molar-refractivity contribution in [3.63, 3.8) is 0 Å². The first-order valence-corrected chi connectivity index (χ1v) is 4.90. The second-order valence-corrected chi connectivity index (χ2v) is 4.03. The molecule has 0 heterocycles. The number of rotatable bonds is 6. The number of carboxylic acid groups (broad SMARTS) is 1. The van der Waals surface area contributed by atoms with E-state index >= 15 is 0 Å². The molecule has 89 valence electrons. The number of nitrogens with zero attached hydrogens (tertiary/aromatic N) is 1. The zero-order valence-corrected chi connectivity index (χ0v) is 9.69. The summed E-state index contributed by atoms with van der Waals surface area (Å²) in [5.41, 5.74) is 0.110. The first-order valence-electron chi connectivity index (χ1n) is 4.90. The lowest BCUT2D eigenvalue weighted by molar-refractivity contribution is -0.146. The number of amides is 2. The summed E-state index contributed by atoms with van der Waals surface area (Å²) in [5, 5.41) is 8.95.